The molecule has 166 valence electrons. The second kappa shape index (κ2) is 10.0. The Morgan fingerprint density at radius 3 is 2.50 bits per heavy atom. The fourth-order valence-corrected chi connectivity index (χ4v) is 5.46. The zero-order valence-electron chi connectivity index (χ0n) is 18.4. The van der Waals surface area contributed by atoms with Crippen LogP contribution in [0.15, 0.2) is 54.6 Å². The first-order valence-corrected chi connectivity index (χ1v) is 11.8. The van der Waals surface area contributed by atoms with E-state index in [4.69, 9.17) is 9.47 Å². The van der Waals surface area contributed by atoms with Gasteiger partial charge in [-0.3, -0.25) is 4.79 Å². The van der Waals surface area contributed by atoms with Gasteiger partial charge >= 0.3 is 5.97 Å². The molecule has 1 aliphatic rings. The molecule has 0 spiro atoms. The van der Waals surface area contributed by atoms with Gasteiger partial charge in [-0.25, -0.2) is 4.79 Å². The van der Waals surface area contributed by atoms with E-state index in [1.165, 1.54) is 16.2 Å². The highest BCUT2D eigenvalue weighted by atomic mass is 32.1. The smallest absolute Gasteiger partial charge is 0.341 e. The Kier molecular flexibility index (Phi) is 6.90. The number of thiophene rings is 1. The van der Waals surface area contributed by atoms with E-state index in [1.54, 1.807) is 6.92 Å². The molecule has 4 rings (SSSR count). The Labute approximate surface area is 192 Å². The molecular formula is C26H27NO4S. The van der Waals surface area contributed by atoms with Crippen LogP contribution in [-0.2, 0) is 16.0 Å². The monoisotopic (exact) mass is 449 g/mol. The van der Waals surface area contributed by atoms with Gasteiger partial charge in [0.2, 0.25) is 0 Å². The van der Waals surface area contributed by atoms with Crippen LogP contribution in [0, 0.1) is 0 Å². The molecule has 1 heterocycles. The summed E-state index contributed by atoms with van der Waals surface area (Å²) >= 11 is 1.48. The van der Waals surface area contributed by atoms with Crippen molar-refractivity contribution in [3.63, 3.8) is 0 Å². The number of hydrogen-bond donors (Lipinski definition) is 1. The van der Waals surface area contributed by atoms with E-state index < -0.39 is 0 Å². The number of hydrogen-bond acceptors (Lipinski definition) is 5. The van der Waals surface area contributed by atoms with Crippen LogP contribution in [0.3, 0.4) is 0 Å². The molecular weight excluding hydrogens is 422 g/mol. The molecule has 1 aliphatic carbocycles. The number of nitrogens with one attached hydrogen (secondary N) is 1. The molecule has 0 bridgehead atoms. The largest absolute Gasteiger partial charge is 0.484 e. The van der Waals surface area contributed by atoms with E-state index in [0.29, 0.717) is 22.9 Å². The average Bonchev–Trinajstić information content (AvgIpc) is 3.18. The van der Waals surface area contributed by atoms with Crippen LogP contribution < -0.4 is 10.1 Å². The first-order chi connectivity index (χ1) is 15.6. The maximum absolute atomic E-state index is 12.7. The summed E-state index contributed by atoms with van der Waals surface area (Å²) in [6, 6.07) is 17.7. The molecule has 0 saturated heterocycles. The molecule has 5 nitrogen and oxygen atoms in total. The van der Waals surface area contributed by atoms with Gasteiger partial charge in [-0.15, -0.1) is 11.3 Å². The molecule has 2 aromatic carbocycles. The van der Waals surface area contributed by atoms with Crippen LogP contribution >= 0.6 is 11.3 Å². The molecule has 1 unspecified atom stereocenters. The Morgan fingerprint density at radius 2 is 1.78 bits per heavy atom. The van der Waals surface area contributed by atoms with Crippen LogP contribution in [0.2, 0.25) is 0 Å². The number of aryl methyl sites for hydroxylation is 1. The Balaban J connectivity index is 1.43. The van der Waals surface area contributed by atoms with Gasteiger partial charge in [0.15, 0.2) is 6.61 Å². The Hall–Kier alpha value is -3.12. The summed E-state index contributed by atoms with van der Waals surface area (Å²) in [4.78, 5) is 26.4. The third kappa shape index (κ3) is 4.86. The molecule has 1 N–H and O–H groups in total. The summed E-state index contributed by atoms with van der Waals surface area (Å²) in [6.45, 7) is 4.08. The molecule has 1 atom stereocenters. The normalized spacial score (nSPS) is 15.0. The molecule has 0 radical (unpaired) electrons. The van der Waals surface area contributed by atoms with Crippen molar-refractivity contribution in [1.29, 1.82) is 0 Å². The van der Waals surface area contributed by atoms with Gasteiger partial charge in [-0.2, -0.15) is 0 Å². The lowest BCUT2D eigenvalue weighted by atomic mass is 9.86. The van der Waals surface area contributed by atoms with Crippen molar-refractivity contribution in [3.05, 3.63) is 70.6 Å². The lowest BCUT2D eigenvalue weighted by Gasteiger charge is -2.19. The summed E-state index contributed by atoms with van der Waals surface area (Å²) < 4.78 is 11.0. The van der Waals surface area contributed by atoms with Crippen molar-refractivity contribution in [2.45, 2.75) is 39.0 Å². The summed E-state index contributed by atoms with van der Waals surface area (Å²) in [7, 11) is 0. The number of amides is 1. The minimum atomic E-state index is -0.369. The van der Waals surface area contributed by atoms with Gasteiger partial charge in [0, 0.05) is 4.88 Å². The van der Waals surface area contributed by atoms with Gasteiger partial charge in [0.25, 0.3) is 5.91 Å². The fourth-order valence-electron chi connectivity index (χ4n) is 4.09. The number of carbonyl (C=O) groups excluding carboxylic acids is 2. The van der Waals surface area contributed by atoms with E-state index in [-0.39, 0.29) is 24.4 Å². The highest BCUT2D eigenvalue weighted by molar-refractivity contribution is 7.17. The number of esters is 1. The highest BCUT2D eigenvalue weighted by Crippen LogP contribution is 2.43. The fraction of sp³-hybridized carbons (Fsp3) is 0.308. The third-order valence-electron chi connectivity index (χ3n) is 5.62. The second-order valence-corrected chi connectivity index (χ2v) is 8.99. The minimum absolute atomic E-state index is 0.134. The Bertz CT molecular complexity index is 1090. The van der Waals surface area contributed by atoms with Gasteiger partial charge in [0.1, 0.15) is 10.8 Å². The SMILES string of the molecule is CCOC(=O)c1c(NC(=O)COc2ccc(-c3ccccc3)cc2)sc2c1C(C)CCC2. The lowest BCUT2D eigenvalue weighted by Crippen LogP contribution is -2.21. The number of fused-ring (bicyclic) bond motifs is 1. The number of ether oxygens (including phenoxy) is 2. The quantitative estimate of drug-likeness (QED) is 0.446. The van der Waals surface area contributed by atoms with Gasteiger partial charge < -0.3 is 14.8 Å². The number of rotatable bonds is 7. The molecule has 0 aliphatic heterocycles. The maximum atomic E-state index is 12.7. The first-order valence-electron chi connectivity index (χ1n) is 11.0. The predicted octanol–water partition coefficient (Wildman–Crippen LogP) is 6.05. The number of carbonyl (C=O) groups is 2. The van der Waals surface area contributed by atoms with Crippen LogP contribution in [-0.4, -0.2) is 25.1 Å². The topological polar surface area (TPSA) is 64.6 Å². The van der Waals surface area contributed by atoms with Gasteiger partial charge in [-0.1, -0.05) is 49.4 Å². The predicted molar refractivity (Wildman–Crippen MR) is 128 cm³/mol. The molecule has 3 aromatic rings. The van der Waals surface area contributed by atoms with Crippen molar-refractivity contribution in [1.82, 2.24) is 0 Å². The highest BCUT2D eigenvalue weighted by Gasteiger charge is 2.30. The average molecular weight is 450 g/mol. The van der Waals surface area contributed by atoms with E-state index in [1.807, 2.05) is 54.6 Å². The van der Waals surface area contributed by atoms with E-state index in [9.17, 15) is 9.59 Å². The molecule has 6 heteroatoms. The van der Waals surface area contributed by atoms with Crippen molar-refractivity contribution in [3.8, 4) is 16.9 Å². The van der Waals surface area contributed by atoms with E-state index in [0.717, 1.165) is 36.0 Å². The van der Waals surface area contributed by atoms with Gasteiger partial charge in [0.05, 0.1) is 12.2 Å². The minimum Gasteiger partial charge on any atom is -0.484 e. The molecule has 0 fully saturated rings. The second-order valence-electron chi connectivity index (χ2n) is 7.88. The molecule has 1 amide bonds. The van der Waals surface area contributed by atoms with Crippen LogP contribution in [0.25, 0.3) is 11.1 Å². The van der Waals surface area contributed by atoms with Crippen molar-refractivity contribution >= 4 is 28.2 Å². The molecule has 32 heavy (non-hydrogen) atoms. The van der Waals surface area contributed by atoms with Crippen molar-refractivity contribution < 1.29 is 19.1 Å². The van der Waals surface area contributed by atoms with Crippen molar-refractivity contribution in [2.75, 3.05) is 18.5 Å². The lowest BCUT2D eigenvalue weighted by molar-refractivity contribution is -0.118. The van der Waals surface area contributed by atoms with Crippen LogP contribution in [0.5, 0.6) is 5.75 Å². The summed E-state index contributed by atoms with van der Waals surface area (Å²) in [5, 5.41) is 3.45. The van der Waals surface area contributed by atoms with Crippen molar-refractivity contribution in [2.24, 2.45) is 0 Å². The first kappa shape index (κ1) is 22.1. The van der Waals surface area contributed by atoms with E-state index in [2.05, 4.69) is 12.2 Å². The standard InChI is InChI=1S/C26H27NO4S/c1-3-30-26(29)24-23-17(2)8-7-11-21(23)32-25(24)27-22(28)16-31-20-14-12-19(13-15-20)18-9-5-4-6-10-18/h4-6,9-10,12-15,17H,3,7-8,11,16H2,1-2H3,(H,27,28). The molecule has 0 saturated carbocycles. The van der Waals surface area contributed by atoms with Crippen LogP contribution in [0.4, 0.5) is 5.00 Å². The number of benzene rings is 2. The molecule has 1 aromatic heterocycles. The third-order valence-corrected chi connectivity index (χ3v) is 6.80. The number of anilines is 1. The van der Waals surface area contributed by atoms with Gasteiger partial charge in [-0.05, 0) is 60.9 Å². The Morgan fingerprint density at radius 1 is 1.06 bits per heavy atom. The maximum Gasteiger partial charge on any atom is 0.341 e. The zero-order valence-corrected chi connectivity index (χ0v) is 19.2. The van der Waals surface area contributed by atoms with E-state index >= 15 is 0 Å². The summed E-state index contributed by atoms with van der Waals surface area (Å²) in [5.41, 5.74) is 3.76. The summed E-state index contributed by atoms with van der Waals surface area (Å²) in [5.74, 6) is 0.226. The summed E-state index contributed by atoms with van der Waals surface area (Å²) in [6.07, 6.45) is 3.05. The zero-order chi connectivity index (χ0) is 22.5. The van der Waals surface area contributed by atoms with Crippen LogP contribution in [0.1, 0.15) is 53.4 Å².